The van der Waals surface area contributed by atoms with Crippen LogP contribution in [-0.4, -0.2) is 22.3 Å². The number of carbonyl (C=O) groups excluding carboxylic acids is 1. The molecule has 0 aliphatic rings. The van der Waals surface area contributed by atoms with Crippen LogP contribution in [0.3, 0.4) is 0 Å². The summed E-state index contributed by atoms with van der Waals surface area (Å²) >= 11 is 0. The molecule has 6 nitrogen and oxygen atoms in total. The van der Waals surface area contributed by atoms with E-state index in [0.717, 1.165) is 5.52 Å². The standard InChI is InChI=1S/C11H14N4O2/c1-3-17-11(16)14-8-4-7(12)5-9-10(8)13-6-15(9)2/h4-6H,3,12H2,1-2H3,(H,14,16). The summed E-state index contributed by atoms with van der Waals surface area (Å²) in [7, 11) is 1.86. The molecule has 0 unspecified atom stereocenters. The van der Waals surface area contributed by atoms with Gasteiger partial charge in [0.15, 0.2) is 0 Å². The van der Waals surface area contributed by atoms with Crippen LogP contribution in [0.2, 0.25) is 0 Å². The summed E-state index contributed by atoms with van der Waals surface area (Å²) in [5, 5.41) is 2.62. The van der Waals surface area contributed by atoms with E-state index in [1.807, 2.05) is 11.6 Å². The maximum absolute atomic E-state index is 11.4. The molecule has 0 saturated carbocycles. The third-order valence-corrected chi connectivity index (χ3v) is 2.36. The fraction of sp³-hybridized carbons (Fsp3) is 0.273. The van der Waals surface area contributed by atoms with Crippen molar-refractivity contribution < 1.29 is 9.53 Å². The Kier molecular flexibility index (Phi) is 2.86. The summed E-state index contributed by atoms with van der Waals surface area (Å²) in [5.41, 5.74) is 8.43. The molecule has 0 bridgehead atoms. The Labute approximate surface area is 98.4 Å². The van der Waals surface area contributed by atoms with Crippen molar-refractivity contribution in [2.24, 2.45) is 7.05 Å². The first-order valence-electron chi connectivity index (χ1n) is 5.26. The number of ether oxygens (including phenoxy) is 1. The van der Waals surface area contributed by atoms with E-state index < -0.39 is 6.09 Å². The van der Waals surface area contributed by atoms with Crippen LogP contribution in [0.15, 0.2) is 18.5 Å². The number of benzene rings is 1. The van der Waals surface area contributed by atoms with Crippen LogP contribution in [0.4, 0.5) is 16.2 Å². The summed E-state index contributed by atoms with van der Waals surface area (Å²) in [6.07, 6.45) is 1.16. The number of anilines is 2. The van der Waals surface area contributed by atoms with Crippen LogP contribution in [0.1, 0.15) is 6.92 Å². The predicted octanol–water partition coefficient (Wildman–Crippen LogP) is 1.72. The molecular weight excluding hydrogens is 220 g/mol. The van der Waals surface area contributed by atoms with Gasteiger partial charge in [-0.2, -0.15) is 0 Å². The number of nitrogens with one attached hydrogen (secondary N) is 1. The van der Waals surface area contributed by atoms with Crippen molar-refractivity contribution in [2.75, 3.05) is 17.7 Å². The smallest absolute Gasteiger partial charge is 0.411 e. The molecule has 0 aliphatic carbocycles. The van der Waals surface area contributed by atoms with Crippen molar-refractivity contribution in [2.45, 2.75) is 6.92 Å². The molecule has 2 aromatic rings. The van der Waals surface area contributed by atoms with E-state index in [1.54, 1.807) is 25.4 Å². The molecular formula is C11H14N4O2. The second kappa shape index (κ2) is 4.32. The SMILES string of the molecule is CCOC(=O)Nc1cc(N)cc2c1ncn2C. The summed E-state index contributed by atoms with van der Waals surface area (Å²) in [4.78, 5) is 15.6. The first-order chi connectivity index (χ1) is 8.11. The molecule has 0 saturated heterocycles. The lowest BCUT2D eigenvalue weighted by atomic mass is 10.2. The van der Waals surface area contributed by atoms with E-state index in [2.05, 4.69) is 10.3 Å². The lowest BCUT2D eigenvalue weighted by Crippen LogP contribution is -2.13. The Bertz CT molecular complexity index is 562. The Morgan fingerprint density at radius 1 is 1.59 bits per heavy atom. The molecule has 1 amide bonds. The third-order valence-electron chi connectivity index (χ3n) is 2.36. The second-order valence-electron chi connectivity index (χ2n) is 3.64. The van der Waals surface area contributed by atoms with E-state index >= 15 is 0 Å². The minimum Gasteiger partial charge on any atom is -0.450 e. The van der Waals surface area contributed by atoms with E-state index in [-0.39, 0.29) is 0 Å². The lowest BCUT2D eigenvalue weighted by molar-refractivity contribution is 0.168. The monoisotopic (exact) mass is 234 g/mol. The Hall–Kier alpha value is -2.24. The zero-order valence-electron chi connectivity index (χ0n) is 9.73. The zero-order chi connectivity index (χ0) is 12.4. The van der Waals surface area contributed by atoms with Gasteiger partial charge in [0.25, 0.3) is 0 Å². The molecule has 6 heteroatoms. The first-order valence-corrected chi connectivity index (χ1v) is 5.26. The fourth-order valence-corrected chi connectivity index (χ4v) is 1.62. The molecule has 1 aromatic heterocycles. The summed E-state index contributed by atoms with van der Waals surface area (Å²) in [6.45, 7) is 2.06. The van der Waals surface area contributed by atoms with Gasteiger partial charge < -0.3 is 15.0 Å². The summed E-state index contributed by atoms with van der Waals surface area (Å²) in [5.74, 6) is 0. The highest BCUT2D eigenvalue weighted by molar-refractivity contribution is 5.98. The van der Waals surface area contributed by atoms with Gasteiger partial charge in [-0.3, -0.25) is 5.32 Å². The number of fused-ring (bicyclic) bond motifs is 1. The van der Waals surface area contributed by atoms with Gasteiger partial charge in [-0.05, 0) is 19.1 Å². The van der Waals surface area contributed by atoms with Crippen molar-refractivity contribution in [1.29, 1.82) is 0 Å². The highest BCUT2D eigenvalue weighted by Gasteiger charge is 2.10. The van der Waals surface area contributed by atoms with Gasteiger partial charge in [0, 0.05) is 12.7 Å². The number of nitrogen functional groups attached to an aromatic ring is 1. The maximum atomic E-state index is 11.4. The van der Waals surface area contributed by atoms with Gasteiger partial charge in [0.05, 0.1) is 24.1 Å². The minimum atomic E-state index is -0.509. The van der Waals surface area contributed by atoms with Crippen molar-refractivity contribution in [3.8, 4) is 0 Å². The molecule has 1 heterocycles. The molecule has 17 heavy (non-hydrogen) atoms. The minimum absolute atomic E-state index is 0.319. The quantitative estimate of drug-likeness (QED) is 0.775. The van der Waals surface area contributed by atoms with Crippen molar-refractivity contribution >= 4 is 28.5 Å². The lowest BCUT2D eigenvalue weighted by Gasteiger charge is -2.07. The number of hydrogen-bond acceptors (Lipinski definition) is 4. The van der Waals surface area contributed by atoms with Crippen molar-refractivity contribution in [1.82, 2.24) is 9.55 Å². The number of aromatic nitrogens is 2. The van der Waals surface area contributed by atoms with Crippen LogP contribution in [0.25, 0.3) is 11.0 Å². The number of nitrogens with two attached hydrogens (primary N) is 1. The Morgan fingerprint density at radius 3 is 3.06 bits per heavy atom. The van der Waals surface area contributed by atoms with E-state index in [4.69, 9.17) is 10.5 Å². The molecule has 1 aromatic carbocycles. The number of imidazole rings is 1. The molecule has 0 fully saturated rings. The van der Waals surface area contributed by atoms with Gasteiger partial charge in [-0.25, -0.2) is 9.78 Å². The van der Waals surface area contributed by atoms with Crippen LogP contribution in [0, 0.1) is 0 Å². The number of carbonyl (C=O) groups is 1. The van der Waals surface area contributed by atoms with Gasteiger partial charge in [-0.15, -0.1) is 0 Å². The summed E-state index contributed by atoms with van der Waals surface area (Å²) < 4.78 is 6.65. The largest absolute Gasteiger partial charge is 0.450 e. The van der Waals surface area contributed by atoms with Crippen LogP contribution in [0.5, 0.6) is 0 Å². The van der Waals surface area contributed by atoms with Crippen LogP contribution >= 0.6 is 0 Å². The topological polar surface area (TPSA) is 82.2 Å². The van der Waals surface area contributed by atoms with E-state index in [0.29, 0.717) is 23.5 Å². The van der Waals surface area contributed by atoms with Crippen molar-refractivity contribution in [3.05, 3.63) is 18.5 Å². The average molecular weight is 234 g/mol. The molecule has 90 valence electrons. The normalized spacial score (nSPS) is 10.5. The van der Waals surface area contributed by atoms with Gasteiger partial charge in [-0.1, -0.05) is 0 Å². The van der Waals surface area contributed by atoms with Gasteiger partial charge in [0.2, 0.25) is 0 Å². The number of amides is 1. The second-order valence-corrected chi connectivity index (χ2v) is 3.64. The molecule has 0 atom stereocenters. The zero-order valence-corrected chi connectivity index (χ0v) is 9.73. The first kappa shape index (κ1) is 11.3. The van der Waals surface area contributed by atoms with Crippen molar-refractivity contribution in [3.63, 3.8) is 0 Å². The fourth-order valence-electron chi connectivity index (χ4n) is 1.62. The molecule has 0 spiro atoms. The van der Waals surface area contributed by atoms with Gasteiger partial charge >= 0.3 is 6.09 Å². The molecule has 0 radical (unpaired) electrons. The number of nitrogens with zero attached hydrogens (tertiary/aromatic N) is 2. The number of rotatable bonds is 2. The van der Waals surface area contributed by atoms with Crippen LogP contribution in [-0.2, 0) is 11.8 Å². The molecule has 2 rings (SSSR count). The summed E-state index contributed by atoms with van der Waals surface area (Å²) in [6, 6.07) is 3.46. The Balaban J connectivity index is 2.42. The van der Waals surface area contributed by atoms with Crippen LogP contribution < -0.4 is 11.1 Å². The maximum Gasteiger partial charge on any atom is 0.411 e. The highest BCUT2D eigenvalue weighted by atomic mass is 16.5. The van der Waals surface area contributed by atoms with E-state index in [1.165, 1.54) is 0 Å². The predicted molar refractivity (Wildman–Crippen MR) is 65.8 cm³/mol. The van der Waals surface area contributed by atoms with Gasteiger partial charge in [0.1, 0.15) is 5.52 Å². The number of hydrogen-bond donors (Lipinski definition) is 2. The van der Waals surface area contributed by atoms with E-state index in [9.17, 15) is 4.79 Å². The number of aryl methyl sites for hydroxylation is 1. The molecule has 3 N–H and O–H groups in total. The Morgan fingerprint density at radius 2 is 2.35 bits per heavy atom. The average Bonchev–Trinajstić information content (AvgIpc) is 2.61. The third kappa shape index (κ3) is 2.15. The highest BCUT2D eigenvalue weighted by Crippen LogP contribution is 2.25. The molecule has 0 aliphatic heterocycles.